The maximum Gasteiger partial charge on any atom is 0.267 e. The van der Waals surface area contributed by atoms with Crippen LogP contribution in [0.3, 0.4) is 0 Å². The molecule has 0 unspecified atom stereocenters. The molecule has 5 heteroatoms. The number of carbonyl (C=O) groups is 1. The second kappa shape index (κ2) is 5.75. The van der Waals surface area contributed by atoms with Gasteiger partial charge < -0.3 is 14.6 Å². The highest BCUT2D eigenvalue weighted by molar-refractivity contribution is 5.92. The number of nitrogens with one attached hydrogen (secondary N) is 1. The van der Waals surface area contributed by atoms with E-state index in [0.717, 1.165) is 26.3 Å². The summed E-state index contributed by atoms with van der Waals surface area (Å²) in [6.07, 6.45) is 1.88. The minimum Gasteiger partial charge on any atom is -0.379 e. The molecule has 0 bridgehead atoms. The van der Waals surface area contributed by atoms with Crippen molar-refractivity contribution in [1.29, 1.82) is 0 Å². The van der Waals surface area contributed by atoms with E-state index in [2.05, 4.69) is 24.1 Å². The summed E-state index contributed by atoms with van der Waals surface area (Å²) in [6.45, 7) is 8.34. The Hall–Kier alpha value is -1.33. The second-order valence-electron chi connectivity index (χ2n) is 5.60. The molecule has 2 heterocycles. The van der Waals surface area contributed by atoms with Gasteiger partial charge in [-0.3, -0.25) is 9.69 Å². The van der Waals surface area contributed by atoms with Crippen molar-refractivity contribution in [3.8, 4) is 0 Å². The van der Waals surface area contributed by atoms with E-state index in [0.29, 0.717) is 12.2 Å². The molecule has 19 heavy (non-hydrogen) atoms. The Labute approximate surface area is 114 Å². The highest BCUT2D eigenvalue weighted by Crippen LogP contribution is 2.15. The lowest BCUT2D eigenvalue weighted by atomic mass is 10.0. The van der Waals surface area contributed by atoms with Crippen LogP contribution in [0.2, 0.25) is 0 Å². The van der Waals surface area contributed by atoms with Crippen LogP contribution in [-0.4, -0.2) is 53.8 Å². The fraction of sp³-hybridized carbons (Fsp3) is 0.643. The topological polar surface area (TPSA) is 46.5 Å². The molecule has 0 saturated carbocycles. The van der Waals surface area contributed by atoms with E-state index >= 15 is 0 Å². The summed E-state index contributed by atoms with van der Waals surface area (Å²) in [5.74, 6) is -0.0196. The number of aromatic nitrogens is 1. The zero-order valence-electron chi connectivity index (χ0n) is 12.0. The number of nitrogens with zero attached hydrogens (tertiary/aromatic N) is 2. The number of aryl methyl sites for hydroxylation is 1. The summed E-state index contributed by atoms with van der Waals surface area (Å²) >= 11 is 0. The van der Waals surface area contributed by atoms with Gasteiger partial charge in [0, 0.05) is 38.4 Å². The van der Waals surface area contributed by atoms with E-state index in [1.54, 1.807) is 0 Å². The standard InChI is InChI=1S/C14H23N3O2/c1-14(2,17-7-9-19-10-8-17)11-15-13(18)12-5-4-6-16(12)3/h4-6H,7-11H2,1-3H3,(H,15,18). The van der Waals surface area contributed by atoms with Crippen molar-refractivity contribution in [3.63, 3.8) is 0 Å². The van der Waals surface area contributed by atoms with Crippen LogP contribution in [0.4, 0.5) is 0 Å². The summed E-state index contributed by atoms with van der Waals surface area (Å²) in [5.41, 5.74) is 0.641. The minimum atomic E-state index is -0.0510. The van der Waals surface area contributed by atoms with E-state index < -0.39 is 0 Å². The van der Waals surface area contributed by atoms with Crippen LogP contribution in [0.25, 0.3) is 0 Å². The van der Waals surface area contributed by atoms with Crippen molar-refractivity contribution in [2.75, 3.05) is 32.8 Å². The molecule has 0 aromatic carbocycles. The zero-order chi connectivity index (χ0) is 13.9. The van der Waals surface area contributed by atoms with Crippen molar-refractivity contribution >= 4 is 5.91 Å². The molecule has 1 amide bonds. The van der Waals surface area contributed by atoms with Gasteiger partial charge in [0.2, 0.25) is 0 Å². The lowest BCUT2D eigenvalue weighted by Crippen LogP contribution is -2.55. The van der Waals surface area contributed by atoms with E-state index in [-0.39, 0.29) is 11.4 Å². The molecule has 0 spiro atoms. The first-order chi connectivity index (χ1) is 9.00. The fourth-order valence-corrected chi connectivity index (χ4v) is 2.36. The van der Waals surface area contributed by atoms with E-state index in [1.165, 1.54) is 0 Å². The number of amides is 1. The molecule has 1 aliphatic rings. The van der Waals surface area contributed by atoms with Gasteiger partial charge in [-0.15, -0.1) is 0 Å². The Balaban J connectivity index is 1.90. The second-order valence-corrected chi connectivity index (χ2v) is 5.60. The molecular weight excluding hydrogens is 242 g/mol. The number of hydrogen-bond acceptors (Lipinski definition) is 3. The summed E-state index contributed by atoms with van der Waals surface area (Å²) in [6, 6.07) is 3.71. The first kappa shape index (κ1) is 14.1. The largest absolute Gasteiger partial charge is 0.379 e. The number of carbonyl (C=O) groups excluding carboxylic acids is 1. The average molecular weight is 265 g/mol. The lowest BCUT2D eigenvalue weighted by molar-refractivity contribution is -0.00925. The van der Waals surface area contributed by atoms with E-state index in [4.69, 9.17) is 4.74 Å². The first-order valence-corrected chi connectivity index (χ1v) is 6.73. The van der Waals surface area contributed by atoms with Crippen molar-refractivity contribution in [2.45, 2.75) is 19.4 Å². The molecule has 5 nitrogen and oxygen atoms in total. The maximum absolute atomic E-state index is 12.1. The Morgan fingerprint density at radius 3 is 2.68 bits per heavy atom. The third-order valence-electron chi connectivity index (χ3n) is 3.73. The van der Waals surface area contributed by atoms with Crippen LogP contribution in [0, 0.1) is 0 Å². The molecule has 0 aliphatic carbocycles. The highest BCUT2D eigenvalue weighted by Gasteiger charge is 2.28. The molecule has 1 aromatic heterocycles. The van der Waals surface area contributed by atoms with Crippen molar-refractivity contribution in [3.05, 3.63) is 24.0 Å². The average Bonchev–Trinajstić information content (AvgIpc) is 2.83. The molecule has 0 radical (unpaired) electrons. The summed E-state index contributed by atoms with van der Waals surface area (Å²) in [5, 5.41) is 3.02. The number of hydrogen-bond donors (Lipinski definition) is 1. The van der Waals surface area contributed by atoms with Crippen LogP contribution in [0.1, 0.15) is 24.3 Å². The SMILES string of the molecule is Cn1cccc1C(=O)NCC(C)(C)N1CCOCC1. The van der Waals surface area contributed by atoms with Gasteiger partial charge in [-0.1, -0.05) is 0 Å². The van der Waals surface area contributed by atoms with Gasteiger partial charge in [0.15, 0.2) is 0 Å². The van der Waals surface area contributed by atoms with Crippen LogP contribution in [-0.2, 0) is 11.8 Å². The highest BCUT2D eigenvalue weighted by atomic mass is 16.5. The Bertz CT molecular complexity index is 434. The van der Waals surface area contributed by atoms with Gasteiger partial charge in [0.1, 0.15) is 5.69 Å². The van der Waals surface area contributed by atoms with E-state index in [1.807, 2.05) is 29.9 Å². The summed E-state index contributed by atoms with van der Waals surface area (Å²) in [7, 11) is 1.88. The third-order valence-corrected chi connectivity index (χ3v) is 3.73. The zero-order valence-corrected chi connectivity index (χ0v) is 12.0. The van der Waals surface area contributed by atoms with Gasteiger partial charge in [0.05, 0.1) is 13.2 Å². The predicted molar refractivity (Wildman–Crippen MR) is 74.2 cm³/mol. The van der Waals surface area contributed by atoms with Gasteiger partial charge in [0.25, 0.3) is 5.91 Å². The predicted octanol–water partition coefficient (Wildman–Crippen LogP) is 0.866. The van der Waals surface area contributed by atoms with E-state index in [9.17, 15) is 4.79 Å². The van der Waals surface area contributed by atoms with Crippen molar-refractivity contribution < 1.29 is 9.53 Å². The minimum absolute atomic E-state index is 0.0196. The number of ether oxygens (including phenoxy) is 1. The van der Waals surface area contributed by atoms with Crippen molar-refractivity contribution in [2.24, 2.45) is 7.05 Å². The molecule has 1 saturated heterocycles. The first-order valence-electron chi connectivity index (χ1n) is 6.73. The molecule has 1 aliphatic heterocycles. The normalized spacial score (nSPS) is 17.4. The van der Waals surface area contributed by atoms with Gasteiger partial charge in [-0.25, -0.2) is 0 Å². The van der Waals surface area contributed by atoms with Crippen LogP contribution >= 0.6 is 0 Å². The quantitative estimate of drug-likeness (QED) is 0.878. The van der Waals surface area contributed by atoms with Crippen LogP contribution in [0.5, 0.6) is 0 Å². The Morgan fingerprint density at radius 1 is 1.42 bits per heavy atom. The maximum atomic E-state index is 12.1. The third kappa shape index (κ3) is 3.36. The van der Waals surface area contributed by atoms with Gasteiger partial charge in [-0.2, -0.15) is 0 Å². The monoisotopic (exact) mass is 265 g/mol. The molecule has 2 rings (SSSR count). The Kier molecular flexibility index (Phi) is 4.27. The fourth-order valence-electron chi connectivity index (χ4n) is 2.36. The summed E-state index contributed by atoms with van der Waals surface area (Å²) < 4.78 is 7.19. The van der Waals surface area contributed by atoms with Crippen molar-refractivity contribution in [1.82, 2.24) is 14.8 Å². The molecule has 1 aromatic rings. The molecule has 0 atom stereocenters. The number of rotatable bonds is 4. The number of morpholine rings is 1. The van der Waals surface area contributed by atoms with Crippen LogP contribution in [0.15, 0.2) is 18.3 Å². The smallest absolute Gasteiger partial charge is 0.267 e. The molecule has 1 N–H and O–H groups in total. The molecule has 106 valence electrons. The Morgan fingerprint density at radius 2 is 2.11 bits per heavy atom. The lowest BCUT2D eigenvalue weighted by Gasteiger charge is -2.40. The molecular formula is C14H23N3O2. The van der Waals surface area contributed by atoms with Crippen LogP contribution < -0.4 is 5.32 Å². The van der Waals surface area contributed by atoms with Gasteiger partial charge >= 0.3 is 0 Å². The summed E-state index contributed by atoms with van der Waals surface area (Å²) in [4.78, 5) is 14.4. The van der Waals surface area contributed by atoms with Gasteiger partial charge in [-0.05, 0) is 26.0 Å². The molecule has 1 fully saturated rings.